The fourth-order valence-electron chi connectivity index (χ4n) is 4.65. The van der Waals surface area contributed by atoms with Crippen molar-refractivity contribution < 1.29 is 23.0 Å². The standard InChI is InChI=1S/C26H22Cl2F3N7O2/c1-40-16-4-2-14(3-5-16)10-36(13-23-33-19-6-17(27)18(28)7-20(19)34-23)21-8-24(37-11-15(39)12-37)35-38-22(26(29,30)31)9-32-25(21)38/h2-9,15,39H,10-13H2,1H3,(H,33,34). The van der Waals surface area contributed by atoms with Crippen LogP contribution in [-0.2, 0) is 19.3 Å². The van der Waals surface area contributed by atoms with Crippen LogP contribution in [0.15, 0.2) is 48.7 Å². The first-order valence-corrected chi connectivity index (χ1v) is 12.9. The van der Waals surface area contributed by atoms with Crippen LogP contribution in [0.4, 0.5) is 24.7 Å². The van der Waals surface area contributed by atoms with Gasteiger partial charge in [-0.2, -0.15) is 13.2 Å². The molecule has 2 N–H and O–H groups in total. The van der Waals surface area contributed by atoms with Gasteiger partial charge < -0.3 is 24.6 Å². The van der Waals surface area contributed by atoms with E-state index in [1.807, 2.05) is 29.2 Å². The Bertz CT molecular complexity index is 1660. The molecule has 1 aliphatic rings. The van der Waals surface area contributed by atoms with Crippen molar-refractivity contribution in [3.8, 4) is 5.75 Å². The maximum Gasteiger partial charge on any atom is 0.435 e. The molecule has 2 aromatic carbocycles. The zero-order chi connectivity index (χ0) is 28.2. The zero-order valence-electron chi connectivity index (χ0n) is 21.0. The number of aliphatic hydroxyl groups is 1. The van der Waals surface area contributed by atoms with Gasteiger partial charge >= 0.3 is 6.18 Å². The van der Waals surface area contributed by atoms with Crippen LogP contribution in [0, 0.1) is 0 Å². The number of ether oxygens (including phenoxy) is 1. The second-order valence-electron chi connectivity index (χ2n) is 9.49. The van der Waals surface area contributed by atoms with Crippen molar-refractivity contribution in [1.29, 1.82) is 0 Å². The molecule has 208 valence electrons. The van der Waals surface area contributed by atoms with Gasteiger partial charge in [0.05, 0.1) is 52.7 Å². The molecular formula is C26H22Cl2F3N7O2. The molecule has 1 aliphatic heterocycles. The van der Waals surface area contributed by atoms with Crippen LogP contribution in [-0.4, -0.2) is 56.0 Å². The van der Waals surface area contributed by atoms with Crippen molar-refractivity contribution in [2.45, 2.75) is 25.4 Å². The number of aromatic nitrogens is 5. The number of hydrogen-bond acceptors (Lipinski definition) is 7. The third kappa shape index (κ3) is 4.98. The Hall–Kier alpha value is -3.74. The van der Waals surface area contributed by atoms with E-state index >= 15 is 0 Å². The number of H-pyrrole nitrogens is 1. The molecular weight excluding hydrogens is 570 g/mol. The topological polar surface area (TPSA) is 94.8 Å². The van der Waals surface area contributed by atoms with E-state index < -0.39 is 18.0 Å². The van der Waals surface area contributed by atoms with Crippen LogP contribution >= 0.6 is 23.2 Å². The molecule has 0 bridgehead atoms. The number of aromatic amines is 1. The summed E-state index contributed by atoms with van der Waals surface area (Å²) in [6, 6.07) is 12.4. The fraction of sp³-hybridized carbons (Fsp3) is 0.269. The van der Waals surface area contributed by atoms with Crippen molar-refractivity contribution in [2.75, 3.05) is 30.0 Å². The number of methoxy groups -OCH3 is 1. The summed E-state index contributed by atoms with van der Waals surface area (Å²) >= 11 is 12.4. The van der Waals surface area contributed by atoms with Crippen molar-refractivity contribution in [1.82, 2.24) is 24.6 Å². The first-order chi connectivity index (χ1) is 19.1. The van der Waals surface area contributed by atoms with Crippen molar-refractivity contribution in [2.24, 2.45) is 0 Å². The predicted molar refractivity (Wildman–Crippen MR) is 145 cm³/mol. The largest absolute Gasteiger partial charge is 0.497 e. The van der Waals surface area contributed by atoms with Crippen LogP contribution < -0.4 is 14.5 Å². The number of halogens is 5. The molecule has 0 aliphatic carbocycles. The van der Waals surface area contributed by atoms with Crippen molar-refractivity contribution in [3.05, 3.63) is 75.8 Å². The molecule has 3 aromatic heterocycles. The van der Waals surface area contributed by atoms with Gasteiger partial charge in [-0.15, -0.1) is 5.10 Å². The molecule has 1 saturated heterocycles. The molecule has 0 spiro atoms. The Kier molecular flexibility index (Phi) is 6.64. The molecule has 1 fully saturated rings. The lowest BCUT2D eigenvalue weighted by molar-refractivity contribution is -0.142. The number of benzene rings is 2. The average molecular weight is 592 g/mol. The summed E-state index contributed by atoms with van der Waals surface area (Å²) in [6.07, 6.45) is -4.47. The molecule has 0 unspecified atom stereocenters. The molecule has 5 aromatic rings. The summed E-state index contributed by atoms with van der Waals surface area (Å²) in [5, 5.41) is 14.8. The Balaban J connectivity index is 1.48. The molecule has 0 saturated carbocycles. The summed E-state index contributed by atoms with van der Waals surface area (Å²) < 4.78 is 47.8. The Morgan fingerprint density at radius 3 is 2.50 bits per heavy atom. The third-order valence-corrected chi connectivity index (χ3v) is 7.42. The highest BCUT2D eigenvalue weighted by molar-refractivity contribution is 6.42. The minimum absolute atomic E-state index is 0.0351. The number of nitrogens with zero attached hydrogens (tertiary/aromatic N) is 6. The number of aliphatic hydroxyl groups excluding tert-OH is 1. The normalized spacial score (nSPS) is 14.2. The summed E-state index contributed by atoms with van der Waals surface area (Å²) in [5.74, 6) is 1.51. The maximum absolute atomic E-state index is 13.9. The second-order valence-corrected chi connectivity index (χ2v) is 10.3. The van der Waals surface area contributed by atoms with E-state index in [1.165, 1.54) is 0 Å². The van der Waals surface area contributed by atoms with E-state index in [0.717, 1.165) is 16.3 Å². The lowest BCUT2D eigenvalue weighted by Gasteiger charge is -2.37. The number of hydrogen-bond donors (Lipinski definition) is 2. The van der Waals surface area contributed by atoms with Gasteiger partial charge in [0, 0.05) is 25.7 Å². The van der Waals surface area contributed by atoms with Crippen LogP contribution in [0.5, 0.6) is 5.75 Å². The number of imidazole rings is 2. The maximum atomic E-state index is 13.9. The molecule has 14 heteroatoms. The van der Waals surface area contributed by atoms with E-state index in [1.54, 1.807) is 30.2 Å². The first kappa shape index (κ1) is 26.5. The molecule has 0 amide bonds. The van der Waals surface area contributed by atoms with Crippen molar-refractivity contribution >= 4 is 51.4 Å². The van der Waals surface area contributed by atoms with Crippen molar-refractivity contribution in [3.63, 3.8) is 0 Å². The molecule has 0 radical (unpaired) electrons. The van der Waals surface area contributed by atoms with Crippen LogP contribution in [0.2, 0.25) is 10.0 Å². The highest BCUT2D eigenvalue weighted by Crippen LogP contribution is 2.35. The SMILES string of the molecule is COc1ccc(CN(Cc2nc3cc(Cl)c(Cl)cc3[nH]2)c2cc(N3CC(O)C3)nn3c(C(F)(F)F)cnc23)cc1. The van der Waals surface area contributed by atoms with Gasteiger partial charge in [0.15, 0.2) is 17.2 Å². The summed E-state index contributed by atoms with van der Waals surface area (Å²) in [7, 11) is 1.57. The number of rotatable bonds is 7. The zero-order valence-corrected chi connectivity index (χ0v) is 22.5. The van der Waals surface area contributed by atoms with E-state index in [4.69, 9.17) is 27.9 Å². The van der Waals surface area contributed by atoms with Gasteiger partial charge in [-0.25, -0.2) is 14.5 Å². The molecule has 6 rings (SSSR count). The Labute approximate surface area is 235 Å². The van der Waals surface area contributed by atoms with E-state index in [9.17, 15) is 18.3 Å². The van der Waals surface area contributed by atoms with Gasteiger partial charge in [0.2, 0.25) is 0 Å². The highest BCUT2D eigenvalue weighted by atomic mass is 35.5. The average Bonchev–Trinajstić information content (AvgIpc) is 3.50. The minimum Gasteiger partial charge on any atom is -0.497 e. The monoisotopic (exact) mass is 591 g/mol. The van der Waals surface area contributed by atoms with Gasteiger partial charge in [-0.05, 0) is 29.8 Å². The Morgan fingerprint density at radius 2 is 1.82 bits per heavy atom. The molecule has 0 atom stereocenters. The molecule has 9 nitrogen and oxygen atoms in total. The smallest absolute Gasteiger partial charge is 0.435 e. The number of alkyl halides is 3. The minimum atomic E-state index is -4.67. The van der Waals surface area contributed by atoms with E-state index in [2.05, 4.69) is 20.1 Å². The summed E-state index contributed by atoms with van der Waals surface area (Å²) in [6.45, 7) is 1.01. The number of fused-ring (bicyclic) bond motifs is 2. The number of β-amino-alcohol motifs (C(OH)–C–C–N with tert-alkyl or cyclic N) is 1. The van der Waals surface area contributed by atoms with Gasteiger partial charge in [-0.3, -0.25) is 0 Å². The molecule has 40 heavy (non-hydrogen) atoms. The van der Waals surface area contributed by atoms with Crippen LogP contribution in [0.25, 0.3) is 16.7 Å². The summed E-state index contributed by atoms with van der Waals surface area (Å²) in [5.41, 5.74) is 1.60. The van der Waals surface area contributed by atoms with E-state index in [-0.39, 0.29) is 25.3 Å². The highest BCUT2D eigenvalue weighted by Gasteiger charge is 2.37. The lowest BCUT2D eigenvalue weighted by Crippen LogP contribution is -2.51. The van der Waals surface area contributed by atoms with Gasteiger partial charge in [0.25, 0.3) is 0 Å². The quantitative estimate of drug-likeness (QED) is 0.264. The number of anilines is 2. The number of nitrogens with one attached hydrogen (secondary N) is 1. The van der Waals surface area contributed by atoms with Crippen LogP contribution in [0.1, 0.15) is 17.1 Å². The third-order valence-electron chi connectivity index (χ3n) is 6.70. The van der Waals surface area contributed by atoms with Gasteiger partial charge in [-0.1, -0.05) is 35.3 Å². The predicted octanol–water partition coefficient (Wildman–Crippen LogP) is 5.33. The van der Waals surface area contributed by atoms with E-state index in [0.29, 0.717) is 50.7 Å². The molecule has 4 heterocycles. The van der Waals surface area contributed by atoms with Gasteiger partial charge in [0.1, 0.15) is 11.6 Å². The summed E-state index contributed by atoms with van der Waals surface area (Å²) in [4.78, 5) is 15.6. The first-order valence-electron chi connectivity index (χ1n) is 12.2. The second kappa shape index (κ2) is 10.0. The lowest BCUT2D eigenvalue weighted by atomic mass is 10.1. The Morgan fingerprint density at radius 1 is 1.10 bits per heavy atom. The fourth-order valence-corrected chi connectivity index (χ4v) is 4.98. The van der Waals surface area contributed by atoms with Crippen LogP contribution in [0.3, 0.4) is 0 Å².